The second-order valence-electron chi connectivity index (χ2n) is 5.48. The average Bonchev–Trinajstić information content (AvgIpc) is 3.34. The number of aromatic nitrogens is 1. The molecule has 0 fully saturated rings. The summed E-state index contributed by atoms with van der Waals surface area (Å²) in [4.78, 5) is 29.8. The highest BCUT2D eigenvalue weighted by Crippen LogP contribution is 2.37. The minimum atomic E-state index is -0.422. The summed E-state index contributed by atoms with van der Waals surface area (Å²) in [6.45, 7) is 0.126. The third-order valence-electron chi connectivity index (χ3n) is 3.82. The molecule has 0 radical (unpaired) electrons. The van der Waals surface area contributed by atoms with Gasteiger partial charge in [0.15, 0.2) is 16.3 Å². The molecule has 134 valence electrons. The first-order chi connectivity index (χ1) is 12.6. The molecule has 4 rings (SSSR count). The zero-order chi connectivity index (χ0) is 18.1. The molecule has 2 aromatic heterocycles. The first-order valence-corrected chi connectivity index (χ1v) is 9.43. The summed E-state index contributed by atoms with van der Waals surface area (Å²) in [6.07, 6.45) is 0.229. The molecule has 3 aromatic rings. The summed E-state index contributed by atoms with van der Waals surface area (Å²) in [7, 11) is 1.32. The number of thiazole rings is 1. The maximum atomic E-state index is 12.3. The largest absolute Gasteiger partial charge is 0.468 e. The number of benzene rings is 1. The number of carbonyl (C=O) groups excluding carboxylic acids is 2. The van der Waals surface area contributed by atoms with E-state index < -0.39 is 5.97 Å². The lowest BCUT2D eigenvalue weighted by Crippen LogP contribution is -2.22. The average molecular weight is 390 g/mol. The maximum Gasteiger partial charge on any atom is 0.325 e. The summed E-state index contributed by atoms with van der Waals surface area (Å²) in [6, 6.07) is 7.41. The molecule has 0 saturated carbocycles. The first-order valence-electron chi connectivity index (χ1n) is 7.74. The van der Waals surface area contributed by atoms with Crippen LogP contribution in [0.3, 0.4) is 0 Å². The molecule has 0 saturated heterocycles. The van der Waals surface area contributed by atoms with Gasteiger partial charge in [0.05, 0.1) is 23.7 Å². The normalized spacial score (nSPS) is 13.3. The molecule has 0 bridgehead atoms. The van der Waals surface area contributed by atoms with E-state index in [-0.39, 0.29) is 25.7 Å². The number of hydrogen-bond donors (Lipinski definition) is 0. The van der Waals surface area contributed by atoms with Crippen LogP contribution in [-0.2, 0) is 27.3 Å². The molecule has 1 aromatic carbocycles. The third-order valence-corrected chi connectivity index (χ3v) is 5.74. The Morgan fingerprint density at radius 3 is 2.85 bits per heavy atom. The van der Waals surface area contributed by atoms with Crippen molar-refractivity contribution in [3.05, 3.63) is 39.3 Å². The summed E-state index contributed by atoms with van der Waals surface area (Å²) < 4.78 is 18.1. The van der Waals surface area contributed by atoms with E-state index in [9.17, 15) is 9.59 Å². The molecule has 1 amide bonds. The fourth-order valence-electron chi connectivity index (χ4n) is 2.60. The zero-order valence-electron chi connectivity index (χ0n) is 13.8. The van der Waals surface area contributed by atoms with E-state index in [4.69, 9.17) is 14.2 Å². The minimum absolute atomic E-state index is 0.0404. The Hall–Kier alpha value is -2.65. The number of thiophene rings is 1. The third kappa shape index (κ3) is 3.23. The molecule has 0 unspecified atom stereocenters. The SMILES string of the molecule is COC(=O)Cn1c(=NC(=O)Cc2cccs2)sc2cc3c(cc21)OCO3. The topological polar surface area (TPSA) is 79.1 Å². The summed E-state index contributed by atoms with van der Waals surface area (Å²) in [5.74, 6) is 0.554. The number of rotatable bonds is 4. The van der Waals surface area contributed by atoms with Crippen LogP contribution in [-0.4, -0.2) is 30.3 Å². The van der Waals surface area contributed by atoms with Crippen LogP contribution < -0.4 is 14.3 Å². The lowest BCUT2D eigenvalue weighted by molar-refractivity contribution is -0.141. The highest BCUT2D eigenvalue weighted by atomic mass is 32.1. The number of nitrogens with zero attached hydrogens (tertiary/aromatic N) is 2. The first kappa shape index (κ1) is 16.8. The molecular formula is C17H14N2O5S2. The van der Waals surface area contributed by atoms with Crippen LogP contribution in [0.1, 0.15) is 4.88 Å². The van der Waals surface area contributed by atoms with Crippen molar-refractivity contribution in [2.45, 2.75) is 13.0 Å². The smallest absolute Gasteiger partial charge is 0.325 e. The Balaban J connectivity index is 1.79. The van der Waals surface area contributed by atoms with E-state index >= 15 is 0 Å². The fraction of sp³-hybridized carbons (Fsp3) is 0.235. The van der Waals surface area contributed by atoms with Crippen molar-refractivity contribution in [2.24, 2.45) is 4.99 Å². The van der Waals surface area contributed by atoms with Crippen LogP contribution >= 0.6 is 22.7 Å². The van der Waals surface area contributed by atoms with Crippen molar-refractivity contribution in [3.63, 3.8) is 0 Å². The van der Waals surface area contributed by atoms with E-state index in [1.54, 1.807) is 10.6 Å². The molecule has 0 atom stereocenters. The zero-order valence-corrected chi connectivity index (χ0v) is 15.4. The number of hydrogen-bond acceptors (Lipinski definition) is 7. The van der Waals surface area contributed by atoms with Crippen LogP contribution in [0.2, 0.25) is 0 Å². The molecule has 1 aliphatic heterocycles. The fourth-order valence-corrected chi connectivity index (χ4v) is 4.35. The van der Waals surface area contributed by atoms with Crippen LogP contribution in [0, 0.1) is 0 Å². The lowest BCUT2D eigenvalue weighted by Gasteiger charge is -2.04. The van der Waals surface area contributed by atoms with Crippen molar-refractivity contribution in [3.8, 4) is 11.5 Å². The van der Waals surface area contributed by atoms with E-state index in [1.807, 2.05) is 23.6 Å². The lowest BCUT2D eigenvalue weighted by atomic mass is 10.3. The van der Waals surface area contributed by atoms with Crippen LogP contribution in [0.4, 0.5) is 0 Å². The Labute approximate surface area is 156 Å². The van der Waals surface area contributed by atoms with Crippen molar-refractivity contribution in [1.82, 2.24) is 4.57 Å². The Morgan fingerprint density at radius 1 is 1.31 bits per heavy atom. The molecule has 1 aliphatic rings. The van der Waals surface area contributed by atoms with Gasteiger partial charge in [-0.2, -0.15) is 4.99 Å². The van der Waals surface area contributed by atoms with Crippen molar-refractivity contribution < 1.29 is 23.8 Å². The molecule has 0 spiro atoms. The number of amides is 1. The van der Waals surface area contributed by atoms with E-state index in [0.717, 1.165) is 15.1 Å². The van der Waals surface area contributed by atoms with Gasteiger partial charge in [0.1, 0.15) is 6.54 Å². The van der Waals surface area contributed by atoms with Gasteiger partial charge in [0, 0.05) is 17.0 Å². The maximum absolute atomic E-state index is 12.3. The van der Waals surface area contributed by atoms with Gasteiger partial charge in [-0.1, -0.05) is 17.4 Å². The van der Waals surface area contributed by atoms with Gasteiger partial charge in [0.25, 0.3) is 5.91 Å². The quantitative estimate of drug-likeness (QED) is 0.639. The van der Waals surface area contributed by atoms with E-state index in [1.165, 1.54) is 29.8 Å². The number of carbonyl (C=O) groups is 2. The Kier molecular flexibility index (Phi) is 4.48. The van der Waals surface area contributed by atoms with Crippen LogP contribution in [0.15, 0.2) is 34.6 Å². The Bertz CT molecular complexity index is 1050. The van der Waals surface area contributed by atoms with Crippen molar-refractivity contribution >= 4 is 44.8 Å². The van der Waals surface area contributed by atoms with Gasteiger partial charge in [0.2, 0.25) is 6.79 Å². The predicted molar refractivity (Wildman–Crippen MR) is 96.5 cm³/mol. The summed E-state index contributed by atoms with van der Waals surface area (Å²) in [5, 5.41) is 1.92. The molecule has 3 heterocycles. The molecular weight excluding hydrogens is 376 g/mol. The van der Waals surface area contributed by atoms with Gasteiger partial charge in [-0.05, 0) is 11.4 Å². The number of methoxy groups -OCH3 is 1. The molecule has 26 heavy (non-hydrogen) atoms. The van der Waals surface area contributed by atoms with Gasteiger partial charge in [-0.3, -0.25) is 9.59 Å². The molecule has 7 nitrogen and oxygen atoms in total. The number of ether oxygens (including phenoxy) is 3. The number of esters is 1. The summed E-state index contributed by atoms with van der Waals surface area (Å²) in [5.41, 5.74) is 0.743. The highest BCUT2D eigenvalue weighted by Gasteiger charge is 2.19. The second kappa shape index (κ2) is 6.93. The Morgan fingerprint density at radius 2 is 2.12 bits per heavy atom. The van der Waals surface area contributed by atoms with E-state index in [2.05, 4.69) is 4.99 Å². The van der Waals surface area contributed by atoms with Crippen molar-refractivity contribution in [2.75, 3.05) is 13.9 Å². The van der Waals surface area contributed by atoms with Crippen LogP contribution in [0.5, 0.6) is 11.5 Å². The van der Waals surface area contributed by atoms with E-state index in [0.29, 0.717) is 16.3 Å². The minimum Gasteiger partial charge on any atom is -0.468 e. The number of fused-ring (bicyclic) bond motifs is 2. The predicted octanol–water partition coefficient (Wildman–Crippen LogP) is 2.34. The molecule has 0 N–H and O–H groups in total. The standard InChI is InChI=1S/C17H14N2O5S2/c1-22-16(21)8-19-11-6-12-13(24-9-23-12)7-14(11)26-17(19)18-15(20)5-10-3-2-4-25-10/h2-4,6-7H,5,8-9H2,1H3. The van der Waals surface area contributed by atoms with Gasteiger partial charge >= 0.3 is 5.97 Å². The van der Waals surface area contributed by atoms with Gasteiger partial charge < -0.3 is 18.8 Å². The summed E-state index contributed by atoms with van der Waals surface area (Å²) >= 11 is 2.83. The van der Waals surface area contributed by atoms with Gasteiger partial charge in [-0.25, -0.2) is 0 Å². The van der Waals surface area contributed by atoms with Crippen LogP contribution in [0.25, 0.3) is 10.2 Å². The second-order valence-corrected chi connectivity index (χ2v) is 7.52. The van der Waals surface area contributed by atoms with Gasteiger partial charge in [-0.15, -0.1) is 11.3 Å². The molecule has 0 aliphatic carbocycles. The van der Waals surface area contributed by atoms with Crippen molar-refractivity contribution in [1.29, 1.82) is 0 Å². The highest BCUT2D eigenvalue weighted by molar-refractivity contribution is 7.16. The monoisotopic (exact) mass is 390 g/mol. The molecule has 9 heteroatoms.